The molecule has 18 heavy (non-hydrogen) atoms. The van der Waals surface area contributed by atoms with Crippen molar-refractivity contribution in [1.29, 1.82) is 0 Å². The van der Waals surface area contributed by atoms with Crippen molar-refractivity contribution in [1.82, 2.24) is 9.55 Å². The Kier molecular flexibility index (Phi) is 4.53. The summed E-state index contributed by atoms with van der Waals surface area (Å²) in [5.41, 5.74) is 7.21. The second-order valence-electron chi connectivity index (χ2n) is 4.81. The third kappa shape index (κ3) is 3.70. The summed E-state index contributed by atoms with van der Waals surface area (Å²) in [4.78, 5) is 4.36. The minimum absolute atomic E-state index is 0.167. The van der Waals surface area contributed by atoms with Gasteiger partial charge in [-0.05, 0) is 25.3 Å². The summed E-state index contributed by atoms with van der Waals surface area (Å²) in [5, 5.41) is 0. The predicted octanol–water partition coefficient (Wildman–Crippen LogP) is 2.41. The van der Waals surface area contributed by atoms with Gasteiger partial charge in [0, 0.05) is 31.4 Å². The fourth-order valence-corrected chi connectivity index (χ4v) is 2.12. The van der Waals surface area contributed by atoms with Crippen molar-refractivity contribution in [2.24, 2.45) is 5.73 Å². The van der Waals surface area contributed by atoms with Gasteiger partial charge in [0.25, 0.3) is 0 Å². The molecule has 3 nitrogen and oxygen atoms in total. The maximum absolute atomic E-state index is 5.82. The average molecular weight is 243 g/mol. The highest BCUT2D eigenvalue weighted by Crippen LogP contribution is 2.06. The van der Waals surface area contributed by atoms with Crippen molar-refractivity contribution in [3.05, 3.63) is 54.1 Å². The lowest BCUT2D eigenvalue weighted by Gasteiger charge is -2.09. The van der Waals surface area contributed by atoms with Crippen LogP contribution in [0.1, 0.15) is 24.7 Å². The summed E-state index contributed by atoms with van der Waals surface area (Å²) in [6.07, 6.45) is 6.99. The molecule has 3 heteroatoms. The molecule has 0 radical (unpaired) electrons. The predicted molar refractivity (Wildman–Crippen MR) is 74.3 cm³/mol. The maximum atomic E-state index is 5.82. The molecule has 0 saturated carbocycles. The number of nitrogens with two attached hydrogens (primary N) is 1. The minimum atomic E-state index is 0.167. The molecule has 0 fully saturated rings. The van der Waals surface area contributed by atoms with Crippen LogP contribution in [0, 0.1) is 0 Å². The van der Waals surface area contributed by atoms with Gasteiger partial charge in [-0.3, -0.25) is 0 Å². The molecule has 0 aliphatic carbocycles. The first-order valence-electron chi connectivity index (χ1n) is 6.55. The second-order valence-corrected chi connectivity index (χ2v) is 4.81. The van der Waals surface area contributed by atoms with Crippen molar-refractivity contribution >= 4 is 0 Å². The van der Waals surface area contributed by atoms with E-state index in [2.05, 4.69) is 39.9 Å². The standard InChI is InChI=1S/C15H21N3/c1-13(16)12-15-17-9-11-18(15)10-5-8-14-6-3-2-4-7-14/h2-4,6-7,9,11,13H,5,8,10,12,16H2,1H3. The summed E-state index contributed by atoms with van der Waals surface area (Å²) in [6, 6.07) is 10.8. The van der Waals surface area contributed by atoms with E-state index in [1.165, 1.54) is 5.56 Å². The van der Waals surface area contributed by atoms with E-state index in [-0.39, 0.29) is 6.04 Å². The van der Waals surface area contributed by atoms with Gasteiger partial charge in [0.1, 0.15) is 5.82 Å². The number of nitrogens with zero attached hydrogens (tertiary/aromatic N) is 2. The summed E-state index contributed by atoms with van der Waals surface area (Å²) >= 11 is 0. The Morgan fingerprint density at radius 2 is 2.06 bits per heavy atom. The van der Waals surface area contributed by atoms with Gasteiger partial charge in [0.15, 0.2) is 0 Å². The van der Waals surface area contributed by atoms with Crippen LogP contribution in [0.2, 0.25) is 0 Å². The van der Waals surface area contributed by atoms with Gasteiger partial charge in [-0.1, -0.05) is 30.3 Å². The van der Waals surface area contributed by atoms with Crippen molar-refractivity contribution < 1.29 is 0 Å². The Morgan fingerprint density at radius 3 is 2.78 bits per heavy atom. The summed E-state index contributed by atoms with van der Waals surface area (Å²) in [7, 11) is 0. The van der Waals surface area contributed by atoms with Crippen LogP contribution in [0.5, 0.6) is 0 Å². The van der Waals surface area contributed by atoms with Crippen molar-refractivity contribution in [2.45, 2.75) is 38.8 Å². The van der Waals surface area contributed by atoms with Crippen molar-refractivity contribution in [3.63, 3.8) is 0 Å². The monoisotopic (exact) mass is 243 g/mol. The van der Waals surface area contributed by atoms with Crippen LogP contribution < -0.4 is 5.73 Å². The Balaban J connectivity index is 1.85. The number of aromatic nitrogens is 2. The molecule has 0 aliphatic rings. The Hall–Kier alpha value is -1.61. The molecular formula is C15H21N3. The lowest BCUT2D eigenvalue weighted by atomic mass is 10.1. The fraction of sp³-hybridized carbons (Fsp3) is 0.400. The van der Waals surface area contributed by atoms with Gasteiger partial charge in [-0.25, -0.2) is 4.98 Å². The zero-order valence-corrected chi connectivity index (χ0v) is 10.9. The molecule has 1 aromatic carbocycles. The third-order valence-electron chi connectivity index (χ3n) is 3.01. The Bertz CT molecular complexity index is 460. The van der Waals surface area contributed by atoms with Crippen LogP contribution in [-0.2, 0) is 19.4 Å². The molecule has 1 heterocycles. The van der Waals surface area contributed by atoms with E-state index < -0.39 is 0 Å². The smallest absolute Gasteiger partial charge is 0.110 e. The highest BCUT2D eigenvalue weighted by atomic mass is 15.1. The number of benzene rings is 1. The lowest BCUT2D eigenvalue weighted by molar-refractivity contribution is 0.587. The van der Waals surface area contributed by atoms with Crippen LogP contribution in [0.4, 0.5) is 0 Å². The summed E-state index contributed by atoms with van der Waals surface area (Å²) < 4.78 is 2.21. The second kappa shape index (κ2) is 6.36. The summed E-state index contributed by atoms with van der Waals surface area (Å²) in [6.45, 7) is 3.03. The first kappa shape index (κ1) is 12.8. The van der Waals surface area contributed by atoms with E-state index in [0.717, 1.165) is 31.6 Å². The lowest BCUT2D eigenvalue weighted by Crippen LogP contribution is -2.20. The molecule has 96 valence electrons. The number of imidazole rings is 1. The van der Waals surface area contributed by atoms with E-state index in [4.69, 9.17) is 5.73 Å². The molecule has 1 aromatic heterocycles. The minimum Gasteiger partial charge on any atom is -0.335 e. The largest absolute Gasteiger partial charge is 0.335 e. The maximum Gasteiger partial charge on any atom is 0.110 e. The Labute approximate surface area is 109 Å². The normalized spacial score (nSPS) is 12.6. The molecule has 2 N–H and O–H groups in total. The topological polar surface area (TPSA) is 43.8 Å². The molecule has 1 unspecified atom stereocenters. The highest BCUT2D eigenvalue weighted by Gasteiger charge is 2.05. The number of rotatable bonds is 6. The van der Waals surface area contributed by atoms with Crippen LogP contribution in [0.3, 0.4) is 0 Å². The molecule has 1 atom stereocenters. The third-order valence-corrected chi connectivity index (χ3v) is 3.01. The van der Waals surface area contributed by atoms with Crippen LogP contribution in [0.15, 0.2) is 42.7 Å². The summed E-state index contributed by atoms with van der Waals surface area (Å²) in [5.74, 6) is 1.10. The van der Waals surface area contributed by atoms with Crippen molar-refractivity contribution in [3.8, 4) is 0 Å². The fourth-order valence-electron chi connectivity index (χ4n) is 2.12. The van der Waals surface area contributed by atoms with Crippen LogP contribution in [-0.4, -0.2) is 15.6 Å². The molecular weight excluding hydrogens is 222 g/mol. The zero-order valence-electron chi connectivity index (χ0n) is 10.9. The zero-order chi connectivity index (χ0) is 12.8. The van der Waals surface area contributed by atoms with Gasteiger partial charge in [0.2, 0.25) is 0 Å². The molecule has 0 aliphatic heterocycles. The van der Waals surface area contributed by atoms with Crippen molar-refractivity contribution in [2.75, 3.05) is 0 Å². The quantitative estimate of drug-likeness (QED) is 0.846. The number of aryl methyl sites for hydroxylation is 2. The molecule has 0 spiro atoms. The molecule has 2 aromatic rings. The first-order chi connectivity index (χ1) is 8.75. The van der Waals surface area contributed by atoms with Gasteiger partial charge >= 0.3 is 0 Å². The number of hydrogen-bond donors (Lipinski definition) is 1. The first-order valence-corrected chi connectivity index (χ1v) is 6.55. The molecule has 0 bridgehead atoms. The highest BCUT2D eigenvalue weighted by molar-refractivity contribution is 5.14. The van der Waals surface area contributed by atoms with E-state index in [1.54, 1.807) is 0 Å². The molecule has 2 rings (SSSR count). The SMILES string of the molecule is CC(N)Cc1nccn1CCCc1ccccc1. The number of hydrogen-bond acceptors (Lipinski definition) is 2. The van der Waals surface area contributed by atoms with E-state index in [1.807, 2.05) is 19.3 Å². The van der Waals surface area contributed by atoms with Crippen LogP contribution in [0.25, 0.3) is 0 Å². The van der Waals surface area contributed by atoms with Crippen LogP contribution >= 0.6 is 0 Å². The van der Waals surface area contributed by atoms with E-state index in [9.17, 15) is 0 Å². The van der Waals surface area contributed by atoms with Gasteiger partial charge < -0.3 is 10.3 Å². The Morgan fingerprint density at radius 1 is 1.28 bits per heavy atom. The van der Waals surface area contributed by atoms with E-state index >= 15 is 0 Å². The van der Waals surface area contributed by atoms with Gasteiger partial charge in [0.05, 0.1) is 0 Å². The average Bonchev–Trinajstić information content (AvgIpc) is 2.77. The van der Waals surface area contributed by atoms with E-state index in [0.29, 0.717) is 0 Å². The van der Waals surface area contributed by atoms with Gasteiger partial charge in [-0.2, -0.15) is 0 Å². The molecule has 0 amide bonds. The van der Waals surface area contributed by atoms with Gasteiger partial charge in [-0.15, -0.1) is 0 Å². The molecule has 0 saturated heterocycles.